The molecule has 0 N–H and O–H groups in total. The van der Waals surface area contributed by atoms with Gasteiger partial charge in [-0.1, -0.05) is 28.1 Å². The van der Waals surface area contributed by atoms with Gasteiger partial charge in [0.25, 0.3) is 5.91 Å². The molecule has 0 radical (unpaired) electrons. The molecule has 2 aromatic rings. The normalized spacial score (nSPS) is 17.6. The van der Waals surface area contributed by atoms with Gasteiger partial charge in [0.1, 0.15) is 11.9 Å². The van der Waals surface area contributed by atoms with Crippen LogP contribution in [-0.2, 0) is 4.74 Å². The van der Waals surface area contributed by atoms with Crippen LogP contribution >= 0.6 is 31.9 Å². The number of hydrogen-bond acceptors (Lipinski definition) is 3. The van der Waals surface area contributed by atoms with Crippen LogP contribution in [0.1, 0.15) is 22.0 Å². The van der Waals surface area contributed by atoms with Crippen molar-refractivity contribution < 1.29 is 14.3 Å². The molecular weight excluding hydrogens is 438 g/mol. The number of carbonyl (C=O) groups excluding carboxylic acids is 1. The van der Waals surface area contributed by atoms with E-state index in [1.807, 2.05) is 29.2 Å². The van der Waals surface area contributed by atoms with Crippen molar-refractivity contribution in [3.63, 3.8) is 0 Å². The number of ether oxygens (including phenoxy) is 2. The van der Waals surface area contributed by atoms with E-state index in [9.17, 15) is 4.79 Å². The van der Waals surface area contributed by atoms with Gasteiger partial charge in [-0.15, -0.1) is 0 Å². The summed E-state index contributed by atoms with van der Waals surface area (Å²) in [6.45, 7) is 1.67. The molecule has 126 valence electrons. The number of hydrogen-bond donors (Lipinski definition) is 0. The van der Waals surface area contributed by atoms with Crippen LogP contribution in [0.4, 0.5) is 0 Å². The molecule has 6 heteroatoms. The highest BCUT2D eigenvalue weighted by Gasteiger charge is 2.26. The smallest absolute Gasteiger partial charge is 0.254 e. The predicted octanol–water partition coefficient (Wildman–Crippen LogP) is 4.43. The van der Waals surface area contributed by atoms with Crippen LogP contribution in [0.15, 0.2) is 51.4 Å². The van der Waals surface area contributed by atoms with Crippen molar-refractivity contribution in [3.8, 4) is 5.75 Å². The number of halogens is 2. The fourth-order valence-corrected chi connectivity index (χ4v) is 3.50. The number of rotatable bonds is 3. The Morgan fingerprint density at radius 2 is 1.96 bits per heavy atom. The van der Waals surface area contributed by atoms with E-state index in [4.69, 9.17) is 9.47 Å². The second-order valence-corrected chi connectivity index (χ2v) is 7.28. The van der Waals surface area contributed by atoms with E-state index in [1.165, 1.54) is 0 Å². The third-order valence-corrected chi connectivity index (χ3v) is 5.14. The average molecular weight is 455 g/mol. The monoisotopic (exact) mass is 453 g/mol. The van der Waals surface area contributed by atoms with Crippen LogP contribution in [-0.4, -0.2) is 37.6 Å². The standard InChI is InChI=1S/C18H17Br2NO3/c1-23-16-7-4-13(10-15(16)20)18(22)21-8-9-24-17(11-21)12-2-5-14(19)6-3-12/h2-7,10,17H,8-9,11H2,1H3. The summed E-state index contributed by atoms with van der Waals surface area (Å²) < 4.78 is 12.9. The molecule has 0 spiro atoms. The summed E-state index contributed by atoms with van der Waals surface area (Å²) >= 11 is 6.86. The third kappa shape index (κ3) is 3.82. The first-order valence-corrected chi connectivity index (χ1v) is 9.17. The molecule has 1 aliphatic heterocycles. The molecule has 0 aromatic heterocycles. The number of carbonyl (C=O) groups is 1. The lowest BCUT2D eigenvalue weighted by molar-refractivity contribution is -0.0228. The van der Waals surface area contributed by atoms with Crippen molar-refractivity contribution in [3.05, 3.63) is 62.5 Å². The number of morpholine rings is 1. The number of amides is 1. The zero-order valence-corrected chi connectivity index (χ0v) is 16.3. The van der Waals surface area contributed by atoms with Gasteiger partial charge in [-0.2, -0.15) is 0 Å². The maximum atomic E-state index is 12.8. The molecule has 1 amide bonds. The van der Waals surface area contributed by atoms with E-state index < -0.39 is 0 Å². The second-order valence-electron chi connectivity index (χ2n) is 5.51. The number of nitrogens with zero attached hydrogens (tertiary/aromatic N) is 1. The molecule has 2 aromatic carbocycles. The van der Waals surface area contributed by atoms with Gasteiger partial charge in [-0.3, -0.25) is 4.79 Å². The minimum Gasteiger partial charge on any atom is -0.496 e. The van der Waals surface area contributed by atoms with Gasteiger partial charge >= 0.3 is 0 Å². The first-order valence-electron chi connectivity index (χ1n) is 7.58. The maximum absolute atomic E-state index is 12.8. The Balaban J connectivity index is 1.75. The molecule has 0 aliphatic carbocycles. The Morgan fingerprint density at radius 3 is 2.62 bits per heavy atom. The Labute approximate surface area is 158 Å². The summed E-state index contributed by atoms with van der Waals surface area (Å²) in [6.07, 6.45) is -0.0995. The molecule has 0 saturated carbocycles. The first-order chi connectivity index (χ1) is 11.6. The van der Waals surface area contributed by atoms with Crippen molar-refractivity contribution in [2.45, 2.75) is 6.10 Å². The molecule has 1 aliphatic rings. The first kappa shape index (κ1) is 17.5. The summed E-state index contributed by atoms with van der Waals surface area (Å²) in [5, 5.41) is 0. The fourth-order valence-electron chi connectivity index (χ4n) is 2.69. The molecule has 1 saturated heterocycles. The fraction of sp³-hybridized carbons (Fsp3) is 0.278. The van der Waals surface area contributed by atoms with E-state index in [0.29, 0.717) is 31.0 Å². The van der Waals surface area contributed by atoms with Gasteiger partial charge in [0.05, 0.1) is 24.7 Å². The Bertz CT molecular complexity index is 734. The van der Waals surface area contributed by atoms with Crippen LogP contribution in [0.2, 0.25) is 0 Å². The highest BCUT2D eigenvalue weighted by atomic mass is 79.9. The van der Waals surface area contributed by atoms with Crippen molar-refractivity contribution in [2.24, 2.45) is 0 Å². The Kier molecular flexibility index (Phi) is 5.58. The lowest BCUT2D eigenvalue weighted by Gasteiger charge is -2.33. The van der Waals surface area contributed by atoms with E-state index in [2.05, 4.69) is 31.9 Å². The quantitative estimate of drug-likeness (QED) is 0.688. The molecule has 1 atom stereocenters. The summed E-state index contributed by atoms with van der Waals surface area (Å²) in [6, 6.07) is 13.4. The molecule has 1 unspecified atom stereocenters. The lowest BCUT2D eigenvalue weighted by Crippen LogP contribution is -2.42. The SMILES string of the molecule is COc1ccc(C(=O)N2CCOC(c3ccc(Br)cc3)C2)cc1Br. The molecule has 1 heterocycles. The minimum absolute atomic E-state index is 0.00349. The number of methoxy groups -OCH3 is 1. The van der Waals surface area contributed by atoms with Gasteiger partial charge in [0.2, 0.25) is 0 Å². The van der Waals surface area contributed by atoms with Crippen LogP contribution in [0.5, 0.6) is 5.75 Å². The largest absolute Gasteiger partial charge is 0.496 e. The molecule has 24 heavy (non-hydrogen) atoms. The van der Waals surface area contributed by atoms with Crippen LogP contribution in [0, 0.1) is 0 Å². The zero-order chi connectivity index (χ0) is 17.1. The molecule has 4 nitrogen and oxygen atoms in total. The van der Waals surface area contributed by atoms with Gasteiger partial charge in [0, 0.05) is 16.6 Å². The van der Waals surface area contributed by atoms with E-state index >= 15 is 0 Å². The van der Waals surface area contributed by atoms with Gasteiger partial charge < -0.3 is 14.4 Å². The second kappa shape index (κ2) is 7.68. The predicted molar refractivity (Wildman–Crippen MR) is 99.4 cm³/mol. The van der Waals surface area contributed by atoms with Crippen LogP contribution < -0.4 is 4.74 Å². The van der Waals surface area contributed by atoms with E-state index in [1.54, 1.807) is 25.3 Å². The number of benzene rings is 2. The molecular formula is C18H17Br2NO3. The Morgan fingerprint density at radius 1 is 1.21 bits per heavy atom. The maximum Gasteiger partial charge on any atom is 0.254 e. The van der Waals surface area contributed by atoms with Gasteiger partial charge in [-0.05, 0) is 51.8 Å². The molecule has 0 bridgehead atoms. The Hall–Kier alpha value is -1.37. The highest BCUT2D eigenvalue weighted by molar-refractivity contribution is 9.10. The van der Waals surface area contributed by atoms with Crippen molar-refractivity contribution >= 4 is 37.8 Å². The highest BCUT2D eigenvalue weighted by Crippen LogP contribution is 2.28. The van der Waals surface area contributed by atoms with E-state index in [0.717, 1.165) is 14.5 Å². The summed E-state index contributed by atoms with van der Waals surface area (Å²) in [5.74, 6) is 0.713. The average Bonchev–Trinajstić information content (AvgIpc) is 2.61. The molecule has 1 fully saturated rings. The summed E-state index contributed by atoms with van der Waals surface area (Å²) in [7, 11) is 1.60. The van der Waals surface area contributed by atoms with Crippen molar-refractivity contribution in [2.75, 3.05) is 26.8 Å². The van der Waals surface area contributed by atoms with Crippen molar-refractivity contribution in [1.82, 2.24) is 4.90 Å². The van der Waals surface area contributed by atoms with Crippen LogP contribution in [0.25, 0.3) is 0 Å². The lowest BCUT2D eigenvalue weighted by atomic mass is 10.1. The van der Waals surface area contributed by atoms with Crippen LogP contribution in [0.3, 0.4) is 0 Å². The minimum atomic E-state index is -0.0995. The van der Waals surface area contributed by atoms with Gasteiger partial charge in [-0.25, -0.2) is 0 Å². The van der Waals surface area contributed by atoms with E-state index in [-0.39, 0.29) is 12.0 Å². The third-order valence-electron chi connectivity index (χ3n) is 3.99. The van der Waals surface area contributed by atoms with Gasteiger partial charge in [0.15, 0.2) is 0 Å². The molecule has 3 rings (SSSR count). The topological polar surface area (TPSA) is 38.8 Å². The van der Waals surface area contributed by atoms with Crippen molar-refractivity contribution in [1.29, 1.82) is 0 Å². The zero-order valence-electron chi connectivity index (χ0n) is 13.2. The summed E-state index contributed by atoms with van der Waals surface area (Å²) in [4.78, 5) is 14.6. The summed E-state index contributed by atoms with van der Waals surface area (Å²) in [5.41, 5.74) is 1.71.